The molecule has 186 valence electrons. The summed E-state index contributed by atoms with van der Waals surface area (Å²) in [5.74, 6) is 4.08. The van der Waals surface area contributed by atoms with E-state index in [9.17, 15) is 24.3 Å². The van der Waals surface area contributed by atoms with E-state index >= 15 is 0 Å². The van der Waals surface area contributed by atoms with Crippen molar-refractivity contribution in [1.29, 1.82) is 0 Å². The fourth-order valence-corrected chi connectivity index (χ4v) is 3.58. The van der Waals surface area contributed by atoms with Crippen LogP contribution in [0.3, 0.4) is 0 Å². The second-order valence-corrected chi connectivity index (χ2v) is 9.39. The molecule has 1 saturated heterocycles. The number of hydrogen-bond acceptors (Lipinski definition) is 7. The summed E-state index contributed by atoms with van der Waals surface area (Å²) >= 11 is 0. The van der Waals surface area contributed by atoms with E-state index in [1.807, 2.05) is 26.8 Å². The van der Waals surface area contributed by atoms with Gasteiger partial charge in [0, 0.05) is 18.7 Å². The third-order valence-electron chi connectivity index (χ3n) is 5.69. The number of hydrogen-bond donors (Lipinski definition) is 6. The van der Waals surface area contributed by atoms with Crippen molar-refractivity contribution in [3.8, 4) is 5.75 Å². The second kappa shape index (κ2) is 10.0. The normalized spacial score (nSPS) is 15.8. The van der Waals surface area contributed by atoms with E-state index in [-0.39, 0.29) is 47.5 Å². The molecule has 1 atom stereocenters. The predicted molar refractivity (Wildman–Crippen MR) is 130 cm³/mol. The maximum atomic E-state index is 12.9. The van der Waals surface area contributed by atoms with Crippen LogP contribution in [0.25, 0.3) is 0 Å². The number of nitrogens with two attached hydrogens (primary N) is 2. The van der Waals surface area contributed by atoms with Gasteiger partial charge in [-0.3, -0.25) is 24.7 Å². The molecule has 2 aromatic carbocycles. The van der Waals surface area contributed by atoms with Crippen molar-refractivity contribution in [2.24, 2.45) is 5.84 Å². The van der Waals surface area contributed by atoms with Gasteiger partial charge in [0.2, 0.25) is 5.91 Å². The summed E-state index contributed by atoms with van der Waals surface area (Å²) in [5.41, 5.74) is 7.74. The summed E-state index contributed by atoms with van der Waals surface area (Å²) in [6, 6.07) is 8.11. The van der Waals surface area contributed by atoms with Gasteiger partial charge < -0.3 is 21.5 Å². The molecule has 8 N–H and O–H groups in total. The van der Waals surface area contributed by atoms with Gasteiger partial charge in [0.1, 0.15) is 11.8 Å². The van der Waals surface area contributed by atoms with Crippen LogP contribution in [0.2, 0.25) is 0 Å². The van der Waals surface area contributed by atoms with E-state index in [0.29, 0.717) is 5.56 Å². The van der Waals surface area contributed by atoms with Crippen LogP contribution in [0.4, 0.5) is 16.2 Å². The van der Waals surface area contributed by atoms with Crippen molar-refractivity contribution in [1.82, 2.24) is 15.6 Å². The predicted octanol–water partition coefficient (Wildman–Crippen LogP) is 1.71. The van der Waals surface area contributed by atoms with Crippen LogP contribution < -0.4 is 27.5 Å². The molecule has 2 aromatic rings. The van der Waals surface area contributed by atoms with Gasteiger partial charge in [-0.25, -0.2) is 10.6 Å². The molecule has 1 heterocycles. The fourth-order valence-electron chi connectivity index (χ4n) is 3.58. The Hall–Kier alpha value is -4.12. The van der Waals surface area contributed by atoms with Crippen LogP contribution in [-0.2, 0) is 21.5 Å². The number of urea groups is 1. The molecule has 1 aliphatic heterocycles. The van der Waals surface area contributed by atoms with Crippen LogP contribution >= 0.6 is 0 Å². The Morgan fingerprint density at radius 1 is 1.17 bits per heavy atom. The van der Waals surface area contributed by atoms with Crippen LogP contribution in [0.1, 0.15) is 55.1 Å². The molecule has 0 aromatic heterocycles. The van der Waals surface area contributed by atoms with Crippen molar-refractivity contribution in [2.75, 3.05) is 11.1 Å². The topological polar surface area (TPSA) is 180 Å². The van der Waals surface area contributed by atoms with Gasteiger partial charge in [0.05, 0.1) is 11.3 Å². The largest absolute Gasteiger partial charge is 0.506 e. The standard InChI is InChI=1S/C24H30N6O5/c1-24(2,3)14-5-7-17(19(31)11-14)28-23(35)27-12-13-4-6-16(25)15(10-13)22(34)30(26)18-8-9-20(32)29-21(18)33/h4-7,10-11,18,31H,8-9,12,25-26H2,1-3H3,(H2,27,28,35)(H,29,32,33). The molecule has 35 heavy (non-hydrogen) atoms. The number of imide groups is 1. The number of anilines is 2. The third-order valence-corrected chi connectivity index (χ3v) is 5.69. The zero-order chi connectivity index (χ0) is 25.9. The SMILES string of the molecule is CC(C)(C)c1ccc(NC(=O)NCc2ccc(N)c(C(=O)N(N)C3CCC(=O)NC3=O)c2)c(O)c1. The lowest BCUT2D eigenvalue weighted by Crippen LogP contribution is -2.57. The maximum absolute atomic E-state index is 12.9. The Kier molecular flexibility index (Phi) is 7.30. The molecule has 0 radical (unpaired) electrons. The van der Waals surface area contributed by atoms with Crippen LogP contribution in [0.5, 0.6) is 5.75 Å². The smallest absolute Gasteiger partial charge is 0.319 e. The van der Waals surface area contributed by atoms with Crippen molar-refractivity contribution >= 4 is 35.1 Å². The molecular formula is C24H30N6O5. The number of amides is 5. The number of piperidine rings is 1. The first-order valence-electron chi connectivity index (χ1n) is 11.1. The number of carbonyl (C=O) groups is 4. The Morgan fingerprint density at radius 3 is 2.51 bits per heavy atom. The minimum Gasteiger partial charge on any atom is -0.506 e. The summed E-state index contributed by atoms with van der Waals surface area (Å²) in [4.78, 5) is 48.6. The zero-order valence-corrected chi connectivity index (χ0v) is 19.8. The summed E-state index contributed by atoms with van der Waals surface area (Å²) in [6.45, 7) is 6.10. The molecule has 1 unspecified atom stereocenters. The van der Waals surface area contributed by atoms with Gasteiger partial charge in [-0.2, -0.15) is 0 Å². The molecule has 1 fully saturated rings. The highest BCUT2D eigenvalue weighted by Gasteiger charge is 2.34. The van der Waals surface area contributed by atoms with Crippen molar-refractivity contribution < 1.29 is 24.3 Å². The van der Waals surface area contributed by atoms with Crippen molar-refractivity contribution in [2.45, 2.75) is 51.6 Å². The van der Waals surface area contributed by atoms with Crippen molar-refractivity contribution in [3.63, 3.8) is 0 Å². The lowest BCUT2D eigenvalue weighted by molar-refractivity contribution is -0.136. The summed E-state index contributed by atoms with van der Waals surface area (Å²) in [6.07, 6.45) is 0.179. The lowest BCUT2D eigenvalue weighted by Gasteiger charge is -2.29. The van der Waals surface area contributed by atoms with E-state index in [4.69, 9.17) is 11.6 Å². The quantitative estimate of drug-likeness (QED) is 0.0937. The van der Waals surface area contributed by atoms with E-state index < -0.39 is 29.8 Å². The zero-order valence-electron chi connectivity index (χ0n) is 19.8. The molecule has 11 heteroatoms. The number of carbonyl (C=O) groups excluding carboxylic acids is 4. The number of aromatic hydroxyl groups is 1. The number of phenols is 1. The average Bonchev–Trinajstić information content (AvgIpc) is 2.78. The molecule has 3 rings (SSSR count). The van der Waals surface area contributed by atoms with Gasteiger partial charge in [-0.05, 0) is 47.2 Å². The van der Waals surface area contributed by atoms with Gasteiger partial charge in [0.15, 0.2) is 0 Å². The maximum Gasteiger partial charge on any atom is 0.319 e. The second-order valence-electron chi connectivity index (χ2n) is 9.39. The van der Waals surface area contributed by atoms with Gasteiger partial charge in [-0.1, -0.05) is 32.9 Å². The van der Waals surface area contributed by atoms with Gasteiger partial charge in [-0.15, -0.1) is 0 Å². The summed E-state index contributed by atoms with van der Waals surface area (Å²) < 4.78 is 0. The minimum absolute atomic E-state index is 0.0515. The first-order chi connectivity index (χ1) is 16.4. The number of nitrogens with zero attached hydrogens (tertiary/aromatic N) is 1. The van der Waals surface area contributed by atoms with E-state index in [1.165, 1.54) is 12.1 Å². The fraction of sp³-hybridized carbons (Fsp3) is 0.333. The lowest BCUT2D eigenvalue weighted by atomic mass is 9.87. The van der Waals surface area contributed by atoms with E-state index in [1.54, 1.807) is 18.2 Å². The number of nitrogen functional groups attached to an aromatic ring is 1. The van der Waals surface area contributed by atoms with Gasteiger partial charge in [0.25, 0.3) is 11.8 Å². The van der Waals surface area contributed by atoms with Crippen molar-refractivity contribution in [3.05, 3.63) is 53.1 Å². The number of hydrazine groups is 1. The molecule has 0 aliphatic carbocycles. The molecule has 0 saturated carbocycles. The minimum atomic E-state index is -0.996. The first-order valence-corrected chi connectivity index (χ1v) is 11.1. The van der Waals surface area contributed by atoms with Gasteiger partial charge >= 0.3 is 6.03 Å². The molecule has 0 spiro atoms. The number of rotatable bonds is 5. The molecule has 1 aliphatic rings. The van der Waals surface area contributed by atoms with E-state index in [0.717, 1.165) is 10.6 Å². The number of phenolic OH excluding ortho intramolecular Hbond substituents is 1. The molecule has 0 bridgehead atoms. The Bertz CT molecular complexity index is 1170. The highest BCUT2D eigenvalue weighted by atomic mass is 16.3. The highest BCUT2D eigenvalue weighted by Crippen LogP contribution is 2.30. The Balaban J connectivity index is 1.65. The van der Waals surface area contributed by atoms with Crippen LogP contribution in [0, 0.1) is 0 Å². The molecule has 5 amide bonds. The summed E-state index contributed by atoms with van der Waals surface area (Å²) in [7, 11) is 0. The Morgan fingerprint density at radius 2 is 1.89 bits per heavy atom. The van der Waals surface area contributed by atoms with E-state index in [2.05, 4.69) is 16.0 Å². The van der Waals surface area contributed by atoms with Crippen LogP contribution in [0.15, 0.2) is 36.4 Å². The summed E-state index contributed by atoms with van der Waals surface area (Å²) in [5, 5.41) is 18.4. The highest BCUT2D eigenvalue weighted by molar-refractivity contribution is 6.05. The third kappa shape index (κ3) is 6.07. The molecule has 11 nitrogen and oxygen atoms in total. The first kappa shape index (κ1) is 25.5. The number of nitrogens with one attached hydrogen (secondary N) is 3. The monoisotopic (exact) mass is 482 g/mol. The molecular weight excluding hydrogens is 452 g/mol. The number of benzene rings is 2. The van der Waals surface area contributed by atoms with Crippen LogP contribution in [-0.4, -0.2) is 39.9 Å². The Labute approximate surface area is 202 Å². The average molecular weight is 483 g/mol.